The molecule has 0 atom stereocenters. The van der Waals surface area contributed by atoms with Crippen LogP contribution < -0.4 is 0 Å². The minimum atomic E-state index is -0.259. The van der Waals surface area contributed by atoms with Crippen molar-refractivity contribution in [2.45, 2.75) is 13.0 Å². The molecule has 0 aromatic heterocycles. The number of carbonyl (C=O) groups excluding carboxylic acids is 1. The highest BCUT2D eigenvalue weighted by atomic mass is 32.2. The SMILES string of the molecule is C=C(C)C(=O)OC1CSC1. The van der Waals surface area contributed by atoms with E-state index in [1.54, 1.807) is 18.7 Å². The topological polar surface area (TPSA) is 26.3 Å². The molecule has 0 saturated carbocycles. The third-order valence-corrected chi connectivity index (χ3v) is 2.44. The van der Waals surface area contributed by atoms with E-state index in [0.717, 1.165) is 11.5 Å². The maximum absolute atomic E-state index is 10.8. The van der Waals surface area contributed by atoms with Gasteiger partial charge in [0.2, 0.25) is 0 Å². The van der Waals surface area contributed by atoms with Crippen LogP contribution in [0.5, 0.6) is 0 Å². The number of carbonyl (C=O) groups is 1. The van der Waals surface area contributed by atoms with Crippen LogP contribution in [0.1, 0.15) is 6.92 Å². The molecule has 0 spiro atoms. The summed E-state index contributed by atoms with van der Waals surface area (Å²) in [7, 11) is 0. The van der Waals surface area contributed by atoms with E-state index in [1.165, 1.54) is 0 Å². The van der Waals surface area contributed by atoms with Crippen LogP contribution >= 0.6 is 11.8 Å². The molecule has 1 saturated heterocycles. The number of esters is 1. The van der Waals surface area contributed by atoms with E-state index in [-0.39, 0.29) is 12.1 Å². The summed E-state index contributed by atoms with van der Waals surface area (Å²) in [6.07, 6.45) is 0.147. The summed E-state index contributed by atoms with van der Waals surface area (Å²) >= 11 is 1.79. The molecule has 0 radical (unpaired) electrons. The van der Waals surface area contributed by atoms with Crippen LogP contribution in [0.3, 0.4) is 0 Å². The summed E-state index contributed by atoms with van der Waals surface area (Å²) in [5, 5.41) is 0. The van der Waals surface area contributed by atoms with Gasteiger partial charge in [-0.15, -0.1) is 0 Å². The van der Waals surface area contributed by atoms with Crippen molar-refractivity contribution >= 4 is 17.7 Å². The Hall–Kier alpha value is -0.440. The molecule has 0 aromatic carbocycles. The first-order valence-electron chi connectivity index (χ1n) is 3.14. The van der Waals surface area contributed by atoms with Gasteiger partial charge < -0.3 is 4.74 Å². The minimum absolute atomic E-state index is 0.147. The summed E-state index contributed by atoms with van der Waals surface area (Å²) in [5.41, 5.74) is 0.483. The van der Waals surface area contributed by atoms with Gasteiger partial charge in [-0.2, -0.15) is 11.8 Å². The Kier molecular flexibility index (Phi) is 2.38. The summed E-state index contributed by atoms with van der Waals surface area (Å²) in [6, 6.07) is 0. The standard InChI is InChI=1S/C7H10O2S/c1-5(2)7(8)9-6-3-10-4-6/h6H,1,3-4H2,2H3. The average molecular weight is 158 g/mol. The Labute approximate surface area is 64.6 Å². The van der Waals surface area contributed by atoms with Crippen molar-refractivity contribution in [1.82, 2.24) is 0 Å². The van der Waals surface area contributed by atoms with Crippen LogP contribution in [0.15, 0.2) is 12.2 Å². The zero-order valence-corrected chi connectivity index (χ0v) is 6.74. The van der Waals surface area contributed by atoms with Crippen molar-refractivity contribution in [1.29, 1.82) is 0 Å². The van der Waals surface area contributed by atoms with Crippen molar-refractivity contribution in [3.05, 3.63) is 12.2 Å². The molecule has 1 heterocycles. The Bertz CT molecular complexity index is 161. The smallest absolute Gasteiger partial charge is 0.333 e. The van der Waals surface area contributed by atoms with Crippen molar-refractivity contribution in [2.75, 3.05) is 11.5 Å². The zero-order valence-electron chi connectivity index (χ0n) is 5.92. The summed E-state index contributed by atoms with van der Waals surface area (Å²) in [4.78, 5) is 10.8. The van der Waals surface area contributed by atoms with Gasteiger partial charge in [0.1, 0.15) is 6.10 Å². The molecule has 56 valence electrons. The highest BCUT2D eigenvalue weighted by Crippen LogP contribution is 2.21. The van der Waals surface area contributed by atoms with Gasteiger partial charge in [0.25, 0.3) is 0 Å². The predicted octanol–water partition coefficient (Wildman–Crippen LogP) is 1.22. The molecule has 1 aliphatic rings. The van der Waals surface area contributed by atoms with E-state index in [4.69, 9.17) is 4.74 Å². The number of rotatable bonds is 2. The fraction of sp³-hybridized carbons (Fsp3) is 0.571. The first-order chi connectivity index (χ1) is 4.70. The van der Waals surface area contributed by atoms with Crippen molar-refractivity contribution < 1.29 is 9.53 Å². The zero-order chi connectivity index (χ0) is 7.56. The summed E-state index contributed by atoms with van der Waals surface area (Å²) < 4.78 is 4.99. The predicted molar refractivity (Wildman–Crippen MR) is 42.0 cm³/mol. The number of hydrogen-bond donors (Lipinski definition) is 0. The molecular weight excluding hydrogens is 148 g/mol. The van der Waals surface area contributed by atoms with Crippen LogP contribution in [0.2, 0.25) is 0 Å². The van der Waals surface area contributed by atoms with Gasteiger partial charge >= 0.3 is 5.97 Å². The van der Waals surface area contributed by atoms with E-state index in [0.29, 0.717) is 5.57 Å². The molecule has 1 aliphatic heterocycles. The second-order valence-corrected chi connectivity index (χ2v) is 3.42. The van der Waals surface area contributed by atoms with E-state index in [9.17, 15) is 4.79 Å². The van der Waals surface area contributed by atoms with E-state index in [1.807, 2.05) is 0 Å². The first kappa shape index (κ1) is 7.66. The van der Waals surface area contributed by atoms with E-state index >= 15 is 0 Å². The van der Waals surface area contributed by atoms with Gasteiger partial charge in [-0.25, -0.2) is 4.79 Å². The van der Waals surface area contributed by atoms with Gasteiger partial charge in [-0.1, -0.05) is 6.58 Å². The lowest BCUT2D eigenvalue weighted by atomic mass is 10.3. The molecule has 3 heteroatoms. The fourth-order valence-electron chi connectivity index (χ4n) is 0.534. The molecular formula is C7H10O2S. The van der Waals surface area contributed by atoms with Gasteiger partial charge in [0, 0.05) is 17.1 Å². The third-order valence-electron chi connectivity index (χ3n) is 1.23. The average Bonchev–Trinajstić information content (AvgIpc) is 1.77. The van der Waals surface area contributed by atoms with Crippen LogP contribution in [0.25, 0.3) is 0 Å². The van der Waals surface area contributed by atoms with Gasteiger partial charge in [-0.05, 0) is 6.92 Å². The number of thioether (sulfide) groups is 1. The van der Waals surface area contributed by atoms with Crippen LogP contribution in [0, 0.1) is 0 Å². The molecule has 2 nitrogen and oxygen atoms in total. The Morgan fingerprint density at radius 3 is 2.60 bits per heavy atom. The normalized spacial score (nSPS) is 17.7. The summed E-state index contributed by atoms with van der Waals surface area (Å²) in [5.74, 6) is 1.63. The van der Waals surface area contributed by atoms with Gasteiger partial charge in [-0.3, -0.25) is 0 Å². The van der Waals surface area contributed by atoms with Crippen LogP contribution in [0.4, 0.5) is 0 Å². The molecule has 0 bridgehead atoms. The molecule has 0 amide bonds. The monoisotopic (exact) mass is 158 g/mol. The number of hydrogen-bond acceptors (Lipinski definition) is 3. The van der Waals surface area contributed by atoms with E-state index < -0.39 is 0 Å². The second kappa shape index (κ2) is 3.10. The lowest BCUT2D eigenvalue weighted by Gasteiger charge is -2.24. The van der Waals surface area contributed by atoms with Crippen molar-refractivity contribution in [3.8, 4) is 0 Å². The lowest BCUT2D eigenvalue weighted by Crippen LogP contribution is -2.30. The molecule has 1 fully saturated rings. The molecule has 1 rings (SSSR count). The molecule has 0 aliphatic carbocycles. The van der Waals surface area contributed by atoms with Crippen molar-refractivity contribution in [2.24, 2.45) is 0 Å². The summed E-state index contributed by atoms with van der Waals surface area (Å²) in [6.45, 7) is 5.15. The highest BCUT2D eigenvalue weighted by molar-refractivity contribution is 8.00. The minimum Gasteiger partial charge on any atom is -0.457 e. The largest absolute Gasteiger partial charge is 0.457 e. The Morgan fingerprint density at radius 2 is 2.30 bits per heavy atom. The van der Waals surface area contributed by atoms with Gasteiger partial charge in [0.05, 0.1) is 0 Å². The van der Waals surface area contributed by atoms with Crippen molar-refractivity contribution in [3.63, 3.8) is 0 Å². The molecule has 0 aromatic rings. The maximum Gasteiger partial charge on any atom is 0.333 e. The fourth-order valence-corrected chi connectivity index (χ4v) is 1.10. The number of ether oxygens (including phenoxy) is 1. The molecule has 0 unspecified atom stereocenters. The molecule has 0 N–H and O–H groups in total. The second-order valence-electron chi connectivity index (χ2n) is 2.35. The first-order valence-corrected chi connectivity index (χ1v) is 4.30. The van der Waals surface area contributed by atoms with Crippen LogP contribution in [-0.4, -0.2) is 23.6 Å². The third kappa shape index (κ3) is 1.77. The maximum atomic E-state index is 10.8. The van der Waals surface area contributed by atoms with E-state index in [2.05, 4.69) is 6.58 Å². The quantitative estimate of drug-likeness (QED) is 0.446. The lowest BCUT2D eigenvalue weighted by molar-refractivity contribution is -0.142. The highest BCUT2D eigenvalue weighted by Gasteiger charge is 2.22. The van der Waals surface area contributed by atoms with Gasteiger partial charge in [0.15, 0.2) is 0 Å². The Balaban J connectivity index is 2.23. The van der Waals surface area contributed by atoms with Crippen LogP contribution in [-0.2, 0) is 9.53 Å². The molecule has 10 heavy (non-hydrogen) atoms. The Morgan fingerprint density at radius 1 is 1.70 bits per heavy atom.